The van der Waals surface area contributed by atoms with Crippen molar-refractivity contribution in [2.75, 3.05) is 13.2 Å². The summed E-state index contributed by atoms with van der Waals surface area (Å²) in [7, 11) is 0. The summed E-state index contributed by atoms with van der Waals surface area (Å²) in [5, 5.41) is 10.7. The lowest BCUT2D eigenvalue weighted by molar-refractivity contribution is -0.135. The van der Waals surface area contributed by atoms with Crippen LogP contribution in [-0.4, -0.2) is 30.3 Å². The van der Waals surface area contributed by atoms with Gasteiger partial charge in [-0.15, -0.1) is 0 Å². The highest BCUT2D eigenvalue weighted by atomic mass is 16.6. The van der Waals surface area contributed by atoms with Gasteiger partial charge in [-0.25, -0.2) is 4.79 Å². The number of ether oxygens (including phenoxy) is 1. The first-order chi connectivity index (χ1) is 10.7. The molecule has 0 heterocycles. The number of amides is 1. The molecule has 0 aliphatic heterocycles. The van der Waals surface area contributed by atoms with E-state index in [1.165, 1.54) is 0 Å². The van der Waals surface area contributed by atoms with Gasteiger partial charge in [0.1, 0.15) is 13.2 Å². The lowest BCUT2D eigenvalue weighted by atomic mass is 9.98. The Bertz CT molecular complexity index is 681. The summed E-state index contributed by atoms with van der Waals surface area (Å²) < 4.78 is 5.18. The van der Waals surface area contributed by atoms with E-state index < -0.39 is 18.6 Å². The number of carboxylic acids is 1. The van der Waals surface area contributed by atoms with E-state index in [1.54, 1.807) is 0 Å². The van der Waals surface area contributed by atoms with Crippen LogP contribution in [0.2, 0.25) is 0 Å². The second-order valence-electron chi connectivity index (χ2n) is 5.07. The van der Waals surface area contributed by atoms with Crippen molar-refractivity contribution in [3.8, 4) is 11.1 Å². The van der Waals surface area contributed by atoms with Gasteiger partial charge in [0.25, 0.3) is 0 Å². The van der Waals surface area contributed by atoms with Crippen molar-refractivity contribution in [2.24, 2.45) is 0 Å². The second-order valence-corrected chi connectivity index (χ2v) is 5.07. The van der Waals surface area contributed by atoms with Gasteiger partial charge in [0, 0.05) is 5.92 Å². The zero-order valence-corrected chi connectivity index (χ0v) is 11.8. The Labute approximate surface area is 127 Å². The average molecular weight is 299 g/mol. The molecule has 0 radical (unpaired) electrons. The van der Waals surface area contributed by atoms with Gasteiger partial charge in [0.05, 0.1) is 0 Å². The minimum atomic E-state index is -1.10. The maximum absolute atomic E-state index is 11.5. The van der Waals surface area contributed by atoms with Crippen molar-refractivity contribution in [2.45, 2.75) is 5.92 Å². The number of benzene rings is 2. The van der Waals surface area contributed by atoms with E-state index in [9.17, 15) is 9.59 Å². The number of rotatable bonds is 4. The highest BCUT2D eigenvalue weighted by Gasteiger charge is 2.28. The fraction of sp³-hybridized carbons (Fsp3) is 0.176. The normalized spacial score (nSPS) is 12.4. The van der Waals surface area contributed by atoms with Crippen molar-refractivity contribution in [3.63, 3.8) is 0 Å². The Morgan fingerprint density at radius 3 is 2.09 bits per heavy atom. The molecule has 0 fully saturated rings. The first-order valence-electron chi connectivity index (χ1n) is 6.97. The monoisotopic (exact) mass is 299 g/mol. The Balaban J connectivity index is 1.77. The molecule has 2 aromatic rings. The molecule has 1 aliphatic rings. The largest absolute Gasteiger partial charge is 0.480 e. The van der Waals surface area contributed by atoms with Gasteiger partial charge in [0.2, 0.25) is 0 Å². The van der Waals surface area contributed by atoms with Gasteiger partial charge >= 0.3 is 12.1 Å². The van der Waals surface area contributed by atoms with Gasteiger partial charge in [-0.2, -0.15) is 0 Å². The summed E-state index contributed by atoms with van der Waals surface area (Å²) in [6.07, 6.45) is -0.718. The zero-order valence-electron chi connectivity index (χ0n) is 11.8. The Kier molecular flexibility index (Phi) is 3.78. The molecule has 0 bridgehead atoms. The van der Waals surface area contributed by atoms with Crippen molar-refractivity contribution >= 4 is 12.1 Å². The van der Waals surface area contributed by atoms with Crippen LogP contribution < -0.4 is 5.32 Å². The predicted molar refractivity (Wildman–Crippen MR) is 80.7 cm³/mol. The van der Waals surface area contributed by atoms with E-state index >= 15 is 0 Å². The van der Waals surface area contributed by atoms with Crippen LogP contribution in [0.1, 0.15) is 17.0 Å². The van der Waals surface area contributed by atoms with Gasteiger partial charge in [0.15, 0.2) is 0 Å². The van der Waals surface area contributed by atoms with Crippen molar-refractivity contribution in [3.05, 3.63) is 59.7 Å². The third-order valence-corrected chi connectivity index (χ3v) is 3.73. The summed E-state index contributed by atoms with van der Waals surface area (Å²) in [6.45, 7) is -0.268. The van der Waals surface area contributed by atoms with Crippen LogP contribution in [0.5, 0.6) is 0 Å². The van der Waals surface area contributed by atoms with Gasteiger partial charge in [-0.3, -0.25) is 4.79 Å². The molecule has 5 nitrogen and oxygen atoms in total. The standard InChI is InChI=1S/C17H15NO4/c19-16(20)9-18-17(21)22-10-15-13-7-3-1-5-11(13)12-6-2-4-8-14(12)15/h1-8,15H,9-10H2,(H,18,21)(H,19,20)/i9+1,18+1. The molecule has 0 saturated carbocycles. The third-order valence-electron chi connectivity index (χ3n) is 3.73. The zero-order chi connectivity index (χ0) is 15.5. The minimum absolute atomic E-state index is 0.0250. The number of nitrogens with one attached hydrogen (secondary N) is 1. The number of hydrogen-bond donors (Lipinski definition) is 2. The van der Waals surface area contributed by atoms with Crippen LogP contribution in [0.4, 0.5) is 4.79 Å². The van der Waals surface area contributed by atoms with Gasteiger partial charge < -0.3 is 15.2 Å². The van der Waals surface area contributed by atoms with E-state index in [4.69, 9.17) is 9.84 Å². The number of fused-ring (bicyclic) bond motifs is 3. The van der Waals surface area contributed by atoms with E-state index in [0.29, 0.717) is 0 Å². The molecule has 112 valence electrons. The molecule has 22 heavy (non-hydrogen) atoms. The van der Waals surface area contributed by atoms with Crippen LogP contribution in [0.15, 0.2) is 48.5 Å². The maximum atomic E-state index is 11.5. The molecule has 1 aliphatic carbocycles. The number of carbonyl (C=O) groups is 2. The van der Waals surface area contributed by atoms with Crippen molar-refractivity contribution in [1.82, 2.24) is 5.32 Å². The smallest absolute Gasteiger partial charge is 0.407 e. The first kappa shape index (κ1) is 14.1. The van der Waals surface area contributed by atoms with E-state index in [2.05, 4.69) is 17.4 Å². The van der Waals surface area contributed by atoms with Crippen LogP contribution in [0.3, 0.4) is 0 Å². The summed E-state index contributed by atoms with van der Waals surface area (Å²) >= 11 is 0. The lowest BCUT2D eigenvalue weighted by Gasteiger charge is -2.14. The van der Waals surface area contributed by atoms with Gasteiger partial charge in [-0.05, 0) is 22.3 Å². The van der Waals surface area contributed by atoms with E-state index in [0.717, 1.165) is 22.3 Å². The van der Waals surface area contributed by atoms with Crippen LogP contribution in [0, 0.1) is 0 Å². The Hall–Kier alpha value is -2.82. The summed E-state index contributed by atoms with van der Waals surface area (Å²) in [5.41, 5.74) is 4.54. The van der Waals surface area contributed by atoms with Crippen LogP contribution >= 0.6 is 0 Å². The molecule has 5 heteroatoms. The van der Waals surface area contributed by atoms with Crippen LogP contribution in [-0.2, 0) is 9.53 Å². The highest BCUT2D eigenvalue weighted by Crippen LogP contribution is 2.44. The van der Waals surface area contributed by atoms with Crippen LogP contribution in [0.25, 0.3) is 11.1 Å². The van der Waals surface area contributed by atoms with E-state index in [-0.39, 0.29) is 12.5 Å². The molecular weight excluding hydrogens is 284 g/mol. The molecule has 3 rings (SSSR count). The topological polar surface area (TPSA) is 75.6 Å². The molecule has 0 aromatic heterocycles. The number of alkyl carbamates (subject to hydrolysis) is 1. The van der Waals surface area contributed by atoms with Crippen molar-refractivity contribution in [1.29, 1.82) is 0 Å². The molecular formula is C17H15NO4. The molecule has 1 amide bonds. The fourth-order valence-electron chi connectivity index (χ4n) is 2.80. The Morgan fingerprint density at radius 1 is 1.00 bits per heavy atom. The Morgan fingerprint density at radius 2 is 1.55 bits per heavy atom. The molecule has 0 spiro atoms. The van der Waals surface area contributed by atoms with E-state index in [1.807, 2.05) is 36.4 Å². The SMILES string of the molecule is O=C(O)[13CH2][15NH]C(=O)OCC1c2ccccc2-c2ccccc21. The number of carbonyl (C=O) groups excluding carboxylic acids is 1. The number of carboxylic acid groups (broad SMARTS) is 1. The number of hydrogen-bond acceptors (Lipinski definition) is 3. The maximum Gasteiger partial charge on any atom is 0.407 e. The average Bonchev–Trinajstić information content (AvgIpc) is 2.85. The highest BCUT2D eigenvalue weighted by molar-refractivity contribution is 5.79. The molecule has 0 atom stereocenters. The lowest BCUT2D eigenvalue weighted by Crippen LogP contribution is -2.30. The quantitative estimate of drug-likeness (QED) is 0.672. The second kappa shape index (κ2) is 5.89. The van der Waals surface area contributed by atoms with Gasteiger partial charge in [-0.1, -0.05) is 48.5 Å². The first-order valence-corrected chi connectivity index (χ1v) is 6.97. The predicted octanol–water partition coefficient (Wildman–Crippen LogP) is 2.61. The molecule has 0 unspecified atom stereocenters. The molecule has 2 aromatic carbocycles. The summed E-state index contributed by atoms with van der Waals surface area (Å²) in [6, 6.07) is 16.1. The minimum Gasteiger partial charge on any atom is -0.480 e. The fourth-order valence-corrected chi connectivity index (χ4v) is 2.80. The molecule has 0 saturated heterocycles. The number of aliphatic carboxylic acids is 1. The summed E-state index contributed by atoms with van der Waals surface area (Å²) in [4.78, 5) is 22.0. The van der Waals surface area contributed by atoms with Crippen molar-refractivity contribution < 1.29 is 19.4 Å². The third kappa shape index (κ3) is 2.65. The molecule has 2 N–H and O–H groups in total. The summed E-state index contributed by atoms with van der Waals surface area (Å²) in [5.74, 6) is -1.13.